The van der Waals surface area contributed by atoms with Gasteiger partial charge >= 0.3 is 0 Å². The van der Waals surface area contributed by atoms with Gasteiger partial charge in [0.15, 0.2) is 11.0 Å². The first-order valence-electron chi connectivity index (χ1n) is 5.61. The fourth-order valence-electron chi connectivity index (χ4n) is 1.88. The van der Waals surface area contributed by atoms with Crippen LogP contribution in [0.15, 0.2) is 5.16 Å². The Balaban J connectivity index is 1.67. The maximum Gasteiger partial charge on any atom is 0.186 e. The summed E-state index contributed by atoms with van der Waals surface area (Å²) in [6, 6.07) is 0. The third-order valence-electron chi connectivity index (χ3n) is 3.17. The number of nitrogens with zero attached hydrogens (tertiary/aromatic N) is 3. The Kier molecular flexibility index (Phi) is 2.25. The lowest BCUT2D eigenvalue weighted by Crippen LogP contribution is -2.22. The topological polar surface area (TPSA) is 56.7 Å². The minimum atomic E-state index is 0.124. The van der Waals surface area contributed by atoms with Gasteiger partial charge in [0, 0.05) is 24.3 Å². The van der Waals surface area contributed by atoms with Crippen molar-refractivity contribution in [3.63, 3.8) is 0 Å². The molecule has 0 radical (unpaired) electrons. The van der Waals surface area contributed by atoms with E-state index in [0.29, 0.717) is 0 Å². The number of rotatable bonds is 3. The van der Waals surface area contributed by atoms with Crippen molar-refractivity contribution in [1.82, 2.24) is 14.8 Å². The van der Waals surface area contributed by atoms with E-state index >= 15 is 0 Å². The van der Waals surface area contributed by atoms with E-state index in [1.165, 1.54) is 25.0 Å². The number of thioether (sulfide) groups is 1. The summed E-state index contributed by atoms with van der Waals surface area (Å²) in [4.78, 5) is 4.54. The van der Waals surface area contributed by atoms with E-state index in [4.69, 9.17) is 5.73 Å². The number of hydrogen-bond acceptors (Lipinski definition) is 4. The van der Waals surface area contributed by atoms with Crippen LogP contribution in [0.25, 0.3) is 0 Å². The molecule has 0 unspecified atom stereocenters. The molecular weight excluding hydrogens is 208 g/mol. The molecule has 4 nitrogen and oxygen atoms in total. The second-order valence-corrected chi connectivity index (χ2v) is 5.66. The number of fused-ring (bicyclic) bond motifs is 1. The van der Waals surface area contributed by atoms with Crippen LogP contribution in [0.2, 0.25) is 0 Å². The van der Waals surface area contributed by atoms with Crippen molar-refractivity contribution in [2.75, 3.05) is 5.75 Å². The molecule has 3 rings (SSSR count). The summed E-state index contributed by atoms with van der Waals surface area (Å²) in [5.41, 5.74) is 6.17. The smallest absolute Gasteiger partial charge is 0.186 e. The Labute approximate surface area is 93.6 Å². The van der Waals surface area contributed by atoms with Gasteiger partial charge < -0.3 is 5.73 Å². The van der Waals surface area contributed by atoms with Crippen molar-refractivity contribution >= 4 is 11.8 Å². The van der Waals surface area contributed by atoms with Crippen LogP contribution in [0.4, 0.5) is 0 Å². The van der Waals surface area contributed by atoms with Gasteiger partial charge in [0.25, 0.3) is 0 Å². The van der Waals surface area contributed by atoms with Gasteiger partial charge in [-0.15, -0.1) is 0 Å². The second kappa shape index (κ2) is 3.49. The van der Waals surface area contributed by atoms with E-state index in [2.05, 4.69) is 10.1 Å². The molecule has 0 aromatic carbocycles. The molecule has 1 aliphatic carbocycles. The molecule has 2 heterocycles. The number of aryl methyl sites for hydroxylation is 2. The fraction of sp³-hybridized carbons (Fsp3) is 0.800. The molecule has 0 saturated heterocycles. The van der Waals surface area contributed by atoms with Crippen LogP contribution in [0.5, 0.6) is 0 Å². The monoisotopic (exact) mass is 224 g/mol. The Morgan fingerprint density at radius 3 is 3.07 bits per heavy atom. The van der Waals surface area contributed by atoms with Crippen molar-refractivity contribution in [2.24, 2.45) is 5.73 Å². The molecule has 2 N–H and O–H groups in total. The molecule has 0 bridgehead atoms. The molecule has 1 aromatic heterocycles. The largest absolute Gasteiger partial charge is 0.325 e. The van der Waals surface area contributed by atoms with E-state index in [1.807, 2.05) is 16.4 Å². The van der Waals surface area contributed by atoms with Crippen molar-refractivity contribution in [1.29, 1.82) is 0 Å². The maximum atomic E-state index is 6.05. The highest BCUT2D eigenvalue weighted by Crippen LogP contribution is 2.36. The first-order valence-corrected chi connectivity index (χ1v) is 6.59. The first kappa shape index (κ1) is 9.66. The minimum Gasteiger partial charge on any atom is -0.325 e. The molecule has 82 valence electrons. The first-order chi connectivity index (χ1) is 7.25. The van der Waals surface area contributed by atoms with Gasteiger partial charge in [-0.2, -0.15) is 5.10 Å². The predicted octanol–water partition coefficient (Wildman–Crippen LogP) is 1.20. The highest BCUT2D eigenvalue weighted by atomic mass is 32.2. The summed E-state index contributed by atoms with van der Waals surface area (Å²) >= 11 is 1.82. The molecular formula is C10H16N4S. The van der Waals surface area contributed by atoms with E-state index in [9.17, 15) is 0 Å². The second-order valence-electron chi connectivity index (χ2n) is 4.60. The summed E-state index contributed by atoms with van der Waals surface area (Å²) in [6.45, 7) is 1.03. The van der Waals surface area contributed by atoms with Crippen LogP contribution in [0, 0.1) is 0 Å². The Hall–Kier alpha value is -0.550. The number of nitrogens with two attached hydrogens (primary N) is 1. The summed E-state index contributed by atoms with van der Waals surface area (Å²) in [7, 11) is 0. The van der Waals surface area contributed by atoms with Gasteiger partial charge in [-0.3, -0.25) is 0 Å². The van der Waals surface area contributed by atoms with Crippen molar-refractivity contribution in [3.05, 3.63) is 5.82 Å². The average molecular weight is 224 g/mol. The molecule has 0 spiro atoms. The van der Waals surface area contributed by atoms with Crippen LogP contribution in [-0.2, 0) is 13.0 Å². The Bertz CT molecular complexity index is 346. The predicted molar refractivity (Wildman–Crippen MR) is 59.8 cm³/mol. The lowest BCUT2D eigenvalue weighted by molar-refractivity contribution is 0.532. The normalized spacial score (nSPS) is 22.5. The lowest BCUT2D eigenvalue weighted by Gasteiger charge is -2.09. The molecule has 1 saturated carbocycles. The van der Waals surface area contributed by atoms with Crippen molar-refractivity contribution in [3.8, 4) is 0 Å². The van der Waals surface area contributed by atoms with Gasteiger partial charge in [-0.05, 0) is 25.7 Å². The summed E-state index contributed by atoms with van der Waals surface area (Å²) in [5, 5.41) is 5.61. The highest BCUT2D eigenvalue weighted by molar-refractivity contribution is 7.99. The van der Waals surface area contributed by atoms with E-state index in [-0.39, 0.29) is 5.54 Å². The quantitative estimate of drug-likeness (QED) is 0.838. The average Bonchev–Trinajstić information content (AvgIpc) is 2.83. The zero-order valence-corrected chi connectivity index (χ0v) is 9.59. The lowest BCUT2D eigenvalue weighted by atomic mass is 10.1. The molecule has 0 atom stereocenters. The standard InChI is InChI=1S/C10H16N4S/c11-10(4-5-10)3-2-8-12-9-14(13-8)6-1-7-15-9/h1-7,11H2. The fourth-order valence-corrected chi connectivity index (χ4v) is 2.79. The minimum absolute atomic E-state index is 0.124. The molecule has 2 aliphatic rings. The molecule has 15 heavy (non-hydrogen) atoms. The third kappa shape index (κ3) is 2.03. The number of aromatic nitrogens is 3. The van der Waals surface area contributed by atoms with Gasteiger partial charge in [0.1, 0.15) is 0 Å². The highest BCUT2D eigenvalue weighted by Gasteiger charge is 2.37. The number of hydrogen-bond donors (Lipinski definition) is 1. The van der Waals surface area contributed by atoms with Gasteiger partial charge in [-0.25, -0.2) is 9.67 Å². The van der Waals surface area contributed by atoms with Gasteiger partial charge in [-0.1, -0.05) is 11.8 Å². The SMILES string of the molecule is NC1(CCc2nc3n(n2)CCCS3)CC1. The Morgan fingerprint density at radius 2 is 2.33 bits per heavy atom. The van der Waals surface area contributed by atoms with Crippen LogP contribution >= 0.6 is 11.8 Å². The van der Waals surface area contributed by atoms with E-state index in [1.54, 1.807) is 0 Å². The van der Waals surface area contributed by atoms with Crippen LogP contribution < -0.4 is 5.73 Å². The summed E-state index contributed by atoms with van der Waals surface area (Å²) < 4.78 is 2.04. The maximum absolute atomic E-state index is 6.05. The van der Waals surface area contributed by atoms with Crippen molar-refractivity contribution < 1.29 is 0 Å². The zero-order chi connectivity index (χ0) is 10.3. The molecule has 1 aliphatic heterocycles. The third-order valence-corrected chi connectivity index (χ3v) is 4.22. The van der Waals surface area contributed by atoms with Crippen LogP contribution in [-0.4, -0.2) is 26.1 Å². The van der Waals surface area contributed by atoms with Crippen molar-refractivity contribution in [2.45, 2.75) is 49.3 Å². The molecule has 5 heteroatoms. The molecule has 0 amide bonds. The molecule has 1 aromatic rings. The molecule has 1 fully saturated rings. The van der Waals surface area contributed by atoms with Crippen LogP contribution in [0.3, 0.4) is 0 Å². The van der Waals surface area contributed by atoms with Gasteiger partial charge in [0.05, 0.1) is 0 Å². The van der Waals surface area contributed by atoms with Gasteiger partial charge in [0.2, 0.25) is 0 Å². The van der Waals surface area contributed by atoms with E-state index < -0.39 is 0 Å². The van der Waals surface area contributed by atoms with E-state index in [0.717, 1.165) is 30.4 Å². The Morgan fingerprint density at radius 1 is 1.47 bits per heavy atom. The zero-order valence-electron chi connectivity index (χ0n) is 8.78. The summed E-state index contributed by atoms with van der Waals surface area (Å²) in [5.74, 6) is 2.16. The van der Waals surface area contributed by atoms with Crippen LogP contribution in [0.1, 0.15) is 31.5 Å². The summed E-state index contributed by atoms with van der Waals surface area (Å²) in [6.07, 6.45) is 5.55.